The minimum absolute atomic E-state index is 0. The van der Waals surface area contributed by atoms with Crippen molar-refractivity contribution in [2.45, 2.75) is 0 Å². The summed E-state index contributed by atoms with van der Waals surface area (Å²) in [4.78, 5) is 0. The molecule has 0 unspecified atom stereocenters. The Labute approximate surface area is 431 Å². The summed E-state index contributed by atoms with van der Waals surface area (Å²) in [5.41, 5.74) is 0. The predicted molar refractivity (Wildman–Crippen MR) is 0 cm³/mol. The van der Waals surface area contributed by atoms with Crippen molar-refractivity contribution in [2.75, 3.05) is 0 Å². The molecule has 0 amide bonds. The van der Waals surface area contributed by atoms with Crippen LogP contribution in [0.25, 0.3) is 0 Å². The fourth-order valence-electron chi connectivity index (χ4n) is 0. The molecule has 0 saturated carbocycles. The van der Waals surface area contributed by atoms with Gasteiger partial charge in [0.25, 0.3) is 0 Å². The molecule has 0 aliphatic heterocycles. The molecule has 0 spiro atoms. The molecule has 0 aliphatic rings. The maximum atomic E-state index is 0. The first kappa shape index (κ1) is 72.4. The van der Waals surface area contributed by atoms with Gasteiger partial charge in [0.05, 0.1) is 0 Å². The van der Waals surface area contributed by atoms with E-state index in [1.54, 1.807) is 0 Å². The SMILES string of the molecule is [Nd].[Nd].[Nd].[Nd].[Nd].[Nd].[Nd].[Nd].[Nd].[Nd].[Nd]. The molecule has 11 heteroatoms. The third kappa shape index (κ3) is 58.8. The Hall–Kier alpha value is 14.9. The summed E-state index contributed by atoms with van der Waals surface area (Å²) < 4.78 is 0. The van der Waals surface area contributed by atoms with Gasteiger partial charge in [0, 0.05) is 449 Å². The van der Waals surface area contributed by atoms with Gasteiger partial charge in [-0.25, -0.2) is 0 Å². The van der Waals surface area contributed by atoms with Crippen LogP contribution in [0.2, 0.25) is 0 Å². The van der Waals surface area contributed by atoms with Crippen LogP contribution in [0, 0.1) is 449 Å². The zero-order valence-electron chi connectivity index (χ0n) is 5.50. The molecular weight excluding hydrogens is 1590 g/mol. The average Bonchev–Trinajstić information content (AvgIpc) is 0. The van der Waals surface area contributed by atoms with E-state index >= 15 is 0 Å². The monoisotopic (exact) mass is 1560 g/mol. The van der Waals surface area contributed by atoms with Crippen LogP contribution in [0.15, 0.2) is 0 Å². The normalized spacial score (nSPS) is 0. The first-order valence-corrected chi connectivity index (χ1v) is 0. The van der Waals surface area contributed by atoms with Gasteiger partial charge in [0.15, 0.2) is 0 Å². The molecule has 0 aromatic rings. The Bertz CT molecular complexity index is 0. The van der Waals surface area contributed by atoms with Crippen molar-refractivity contribution in [3.8, 4) is 0 Å². The summed E-state index contributed by atoms with van der Waals surface area (Å²) in [6.07, 6.45) is 0. The summed E-state index contributed by atoms with van der Waals surface area (Å²) in [7, 11) is 0. The van der Waals surface area contributed by atoms with Crippen molar-refractivity contribution in [2.24, 2.45) is 0 Å². The molecule has 0 fully saturated rings. The van der Waals surface area contributed by atoms with Crippen LogP contribution in [0.4, 0.5) is 0 Å². The quantitative estimate of drug-likeness (QED) is 0.321. The van der Waals surface area contributed by atoms with Crippen molar-refractivity contribution in [1.82, 2.24) is 0 Å². The predicted octanol–water partition coefficient (Wildman–Crippen LogP) is 0. The van der Waals surface area contributed by atoms with E-state index in [2.05, 4.69) is 0 Å². The third-order valence-electron chi connectivity index (χ3n) is 0. The van der Waals surface area contributed by atoms with Crippen LogP contribution in [0.5, 0.6) is 0 Å². The van der Waals surface area contributed by atoms with Crippen molar-refractivity contribution in [3.63, 3.8) is 0 Å². The minimum atomic E-state index is 0. The van der Waals surface area contributed by atoms with Gasteiger partial charge in [-0.3, -0.25) is 0 Å². The zero-order valence-corrected chi connectivity index (χ0v) is 40.8. The molecule has 0 heterocycles. The number of hydrogen-bond acceptors (Lipinski definition) is 0. The van der Waals surface area contributed by atoms with Gasteiger partial charge in [-0.05, 0) is 0 Å². The molecule has 0 aromatic heterocycles. The van der Waals surface area contributed by atoms with Crippen LogP contribution in [0.3, 0.4) is 0 Å². The Morgan fingerprint density at radius 1 is 0.0909 bits per heavy atom. The average molecular weight is 1590 g/mol. The van der Waals surface area contributed by atoms with E-state index in [4.69, 9.17) is 0 Å². The van der Waals surface area contributed by atoms with Crippen LogP contribution in [-0.4, -0.2) is 0 Å². The summed E-state index contributed by atoms with van der Waals surface area (Å²) in [6.45, 7) is 0. The Kier molecular flexibility index (Phi) is 422. The fraction of sp³-hybridized carbons (Fsp3) is 0. The van der Waals surface area contributed by atoms with E-state index in [1.807, 2.05) is 0 Å². The van der Waals surface area contributed by atoms with Gasteiger partial charge in [-0.2, -0.15) is 0 Å². The van der Waals surface area contributed by atoms with E-state index in [9.17, 15) is 0 Å². The molecule has 0 radical (unpaired) electrons. The van der Waals surface area contributed by atoms with E-state index in [0.717, 1.165) is 0 Å². The first-order valence-electron chi connectivity index (χ1n) is 0. The second kappa shape index (κ2) is 64.1. The summed E-state index contributed by atoms with van der Waals surface area (Å²) in [5, 5.41) is 0. The smallest absolute Gasteiger partial charge is 0 e. The Balaban J connectivity index is 0. The van der Waals surface area contributed by atoms with Gasteiger partial charge in [-0.15, -0.1) is 0 Å². The summed E-state index contributed by atoms with van der Waals surface area (Å²) in [5.74, 6) is 0. The maximum absolute atomic E-state index is 0. The summed E-state index contributed by atoms with van der Waals surface area (Å²) in [6, 6.07) is 0. The Morgan fingerprint density at radius 3 is 0.0909 bits per heavy atom. The molecule has 0 bridgehead atoms. The van der Waals surface area contributed by atoms with Gasteiger partial charge in [0.1, 0.15) is 0 Å². The maximum Gasteiger partial charge on any atom is 0 e. The third-order valence-corrected chi connectivity index (χ3v) is 0. The Morgan fingerprint density at radius 2 is 0.0909 bits per heavy atom. The second-order valence-electron chi connectivity index (χ2n) is 0. The van der Waals surface area contributed by atoms with Crippen LogP contribution in [0.1, 0.15) is 0 Å². The molecule has 0 rings (SSSR count). The molecule has 0 aromatic carbocycles. The standard InChI is InChI=1S/11Nd. The largest absolute Gasteiger partial charge is 0 e. The summed E-state index contributed by atoms with van der Waals surface area (Å²) >= 11 is 0. The molecule has 0 saturated heterocycles. The topological polar surface area (TPSA) is 0 Å². The second-order valence-corrected chi connectivity index (χ2v) is 0. The van der Waals surface area contributed by atoms with Crippen molar-refractivity contribution in [1.29, 1.82) is 0 Å². The van der Waals surface area contributed by atoms with E-state index in [-0.39, 0.29) is 449 Å². The van der Waals surface area contributed by atoms with E-state index < -0.39 is 0 Å². The molecule has 0 aliphatic carbocycles. The first-order chi connectivity index (χ1) is 0. The van der Waals surface area contributed by atoms with Gasteiger partial charge < -0.3 is 0 Å². The van der Waals surface area contributed by atoms with Crippen molar-refractivity contribution in [3.05, 3.63) is 0 Å². The molecule has 0 nitrogen and oxygen atoms in total. The van der Waals surface area contributed by atoms with Crippen molar-refractivity contribution < 1.29 is 449 Å². The van der Waals surface area contributed by atoms with Gasteiger partial charge >= 0.3 is 0 Å². The van der Waals surface area contributed by atoms with Gasteiger partial charge in [-0.1, -0.05) is 0 Å². The van der Waals surface area contributed by atoms with E-state index in [1.165, 1.54) is 0 Å². The van der Waals surface area contributed by atoms with Gasteiger partial charge in [0.2, 0.25) is 0 Å². The molecule has 0 N–H and O–H groups in total. The number of rotatable bonds is 0. The molecule has 11 heavy (non-hydrogen) atoms. The number of hydrogen-bond donors (Lipinski definition) is 0. The fourth-order valence-corrected chi connectivity index (χ4v) is 0. The van der Waals surface area contributed by atoms with E-state index in [0.29, 0.717) is 0 Å². The van der Waals surface area contributed by atoms with Crippen LogP contribution in [-0.2, 0) is 0 Å². The van der Waals surface area contributed by atoms with Crippen LogP contribution >= 0.6 is 0 Å². The van der Waals surface area contributed by atoms with Crippen molar-refractivity contribution >= 4 is 0 Å². The molecule has 0 atom stereocenters. The zero-order chi connectivity index (χ0) is 0. The molecule has 44 valence electrons. The van der Waals surface area contributed by atoms with Crippen LogP contribution < -0.4 is 0 Å². The minimum Gasteiger partial charge on any atom is 0 e. The molecular formula is Nd11.